The van der Waals surface area contributed by atoms with Crippen molar-refractivity contribution >= 4 is 34.2 Å². The average Bonchev–Trinajstić information content (AvgIpc) is 3.15. The lowest BCUT2D eigenvalue weighted by atomic mass is 9.86. The van der Waals surface area contributed by atoms with Crippen molar-refractivity contribution in [2.75, 3.05) is 25.0 Å². The van der Waals surface area contributed by atoms with E-state index in [1.165, 1.54) is 0 Å². The third-order valence-electron chi connectivity index (χ3n) is 5.84. The fourth-order valence-corrected chi connectivity index (χ4v) is 4.13. The summed E-state index contributed by atoms with van der Waals surface area (Å²) in [5.74, 6) is -0.164. The molecule has 1 saturated heterocycles. The summed E-state index contributed by atoms with van der Waals surface area (Å²) in [6, 6.07) is 13.9. The minimum atomic E-state index is -0.525. The third-order valence-corrected chi connectivity index (χ3v) is 5.84. The molecule has 0 saturated carbocycles. The number of rotatable bonds is 2. The second-order valence-corrected chi connectivity index (χ2v) is 9.32. The number of hydrogen-bond donors (Lipinski definition) is 0. The maximum atomic E-state index is 13.2. The molecule has 0 unspecified atom stereocenters. The highest BCUT2D eigenvalue weighted by molar-refractivity contribution is 6.44. The molecule has 7 nitrogen and oxygen atoms in total. The molecule has 0 N–H and O–H groups in total. The average molecular weight is 424 g/mol. The van der Waals surface area contributed by atoms with Crippen molar-refractivity contribution < 1.29 is 19.2 Å². The molecule has 1 fully saturated rings. The fourth-order valence-electron chi connectivity index (χ4n) is 4.13. The van der Waals surface area contributed by atoms with Gasteiger partial charge in [-0.05, 0) is 32.2 Å². The standard InChI is InChI=1S/C24H29N3O4/c1-23(2,3)30-22(29)27-14-12-24(13-15-27)16-19(25-31-24)21(28)26(4)20-11-7-9-17-8-5-6-10-18(17)20/h5-11H,12-16H2,1-4H3. The van der Waals surface area contributed by atoms with Crippen LogP contribution in [-0.2, 0) is 14.4 Å². The minimum absolute atomic E-state index is 0.164. The molecule has 2 amide bonds. The molecular weight excluding hydrogens is 394 g/mol. The first-order chi connectivity index (χ1) is 14.7. The van der Waals surface area contributed by atoms with Gasteiger partial charge >= 0.3 is 6.09 Å². The van der Waals surface area contributed by atoms with E-state index in [-0.39, 0.29) is 12.0 Å². The van der Waals surface area contributed by atoms with Crippen LogP contribution in [0, 0.1) is 0 Å². The molecule has 7 heteroatoms. The van der Waals surface area contributed by atoms with Gasteiger partial charge in [-0.3, -0.25) is 4.79 Å². The van der Waals surface area contributed by atoms with Crippen molar-refractivity contribution in [2.24, 2.45) is 5.16 Å². The number of anilines is 1. The normalized spacial score (nSPS) is 17.9. The quantitative estimate of drug-likeness (QED) is 0.720. The van der Waals surface area contributed by atoms with Crippen molar-refractivity contribution in [3.8, 4) is 0 Å². The van der Waals surface area contributed by atoms with Crippen molar-refractivity contribution in [1.29, 1.82) is 0 Å². The molecule has 2 aromatic rings. The Bertz CT molecular complexity index is 1030. The lowest BCUT2D eigenvalue weighted by molar-refractivity contribution is -0.112. The van der Waals surface area contributed by atoms with Gasteiger partial charge in [0.1, 0.15) is 16.9 Å². The number of nitrogens with zero attached hydrogens (tertiary/aromatic N) is 3. The second kappa shape index (κ2) is 7.87. The Morgan fingerprint density at radius 3 is 2.48 bits per heavy atom. The van der Waals surface area contributed by atoms with E-state index < -0.39 is 11.2 Å². The number of fused-ring (bicyclic) bond motifs is 1. The van der Waals surface area contributed by atoms with Crippen LogP contribution < -0.4 is 4.90 Å². The highest BCUT2D eigenvalue weighted by Crippen LogP contribution is 2.36. The summed E-state index contributed by atoms with van der Waals surface area (Å²) in [5, 5.41) is 6.25. The molecule has 2 aliphatic heterocycles. The zero-order chi connectivity index (χ0) is 22.2. The van der Waals surface area contributed by atoms with Crippen LogP contribution in [0.5, 0.6) is 0 Å². The Labute approximate surface area is 182 Å². The largest absolute Gasteiger partial charge is 0.444 e. The minimum Gasteiger partial charge on any atom is -0.444 e. The molecule has 2 heterocycles. The van der Waals surface area contributed by atoms with E-state index in [9.17, 15) is 9.59 Å². The molecule has 4 rings (SSSR count). The van der Waals surface area contributed by atoms with Gasteiger partial charge in [0.05, 0.1) is 5.69 Å². The van der Waals surface area contributed by atoms with Crippen molar-refractivity contribution in [1.82, 2.24) is 4.90 Å². The fraction of sp³-hybridized carbons (Fsp3) is 0.458. The van der Waals surface area contributed by atoms with E-state index in [4.69, 9.17) is 9.57 Å². The smallest absolute Gasteiger partial charge is 0.410 e. The molecule has 0 aliphatic carbocycles. The Morgan fingerprint density at radius 2 is 1.77 bits per heavy atom. The third kappa shape index (κ3) is 4.36. The lowest BCUT2D eigenvalue weighted by Crippen LogP contribution is -2.48. The van der Waals surface area contributed by atoms with Gasteiger partial charge in [-0.25, -0.2) is 4.79 Å². The molecule has 0 bridgehead atoms. The van der Waals surface area contributed by atoms with Crippen molar-refractivity contribution in [2.45, 2.75) is 51.2 Å². The van der Waals surface area contributed by atoms with E-state index >= 15 is 0 Å². The van der Waals surface area contributed by atoms with Crippen LogP contribution >= 0.6 is 0 Å². The maximum Gasteiger partial charge on any atom is 0.410 e. The molecule has 0 atom stereocenters. The van der Waals surface area contributed by atoms with E-state index in [1.807, 2.05) is 63.2 Å². The van der Waals surface area contributed by atoms with Crippen LogP contribution in [0.2, 0.25) is 0 Å². The summed E-state index contributed by atoms with van der Waals surface area (Å²) < 4.78 is 5.46. The summed E-state index contributed by atoms with van der Waals surface area (Å²) in [5.41, 5.74) is 0.210. The highest BCUT2D eigenvalue weighted by atomic mass is 16.7. The second-order valence-electron chi connectivity index (χ2n) is 9.32. The Morgan fingerprint density at radius 1 is 1.10 bits per heavy atom. The van der Waals surface area contributed by atoms with Crippen LogP contribution in [0.1, 0.15) is 40.0 Å². The van der Waals surface area contributed by atoms with Gasteiger partial charge in [-0.1, -0.05) is 41.6 Å². The first-order valence-corrected chi connectivity index (χ1v) is 10.7. The summed E-state index contributed by atoms with van der Waals surface area (Å²) in [6.07, 6.45) is 1.37. The molecule has 31 heavy (non-hydrogen) atoms. The zero-order valence-corrected chi connectivity index (χ0v) is 18.6. The number of ether oxygens (including phenoxy) is 1. The van der Waals surface area contributed by atoms with Crippen LogP contribution in [0.4, 0.5) is 10.5 Å². The van der Waals surface area contributed by atoms with Gasteiger partial charge in [0, 0.05) is 44.8 Å². The van der Waals surface area contributed by atoms with Crippen LogP contribution in [0.3, 0.4) is 0 Å². The number of piperidine rings is 1. The molecule has 1 spiro atoms. The van der Waals surface area contributed by atoms with Gasteiger partial charge in [0.2, 0.25) is 0 Å². The molecule has 2 aromatic carbocycles. The summed E-state index contributed by atoms with van der Waals surface area (Å²) in [7, 11) is 1.77. The molecule has 0 aromatic heterocycles. The van der Waals surface area contributed by atoms with E-state index in [0.29, 0.717) is 38.1 Å². The summed E-state index contributed by atoms with van der Waals surface area (Å²) >= 11 is 0. The van der Waals surface area contributed by atoms with Gasteiger partial charge in [-0.2, -0.15) is 0 Å². The predicted molar refractivity (Wildman–Crippen MR) is 120 cm³/mol. The number of hydrogen-bond acceptors (Lipinski definition) is 5. The van der Waals surface area contributed by atoms with Gasteiger partial charge in [-0.15, -0.1) is 0 Å². The molecule has 2 aliphatic rings. The first kappa shape index (κ1) is 21.2. The number of likely N-dealkylation sites (tertiary alicyclic amines) is 1. The van der Waals surface area contributed by atoms with Crippen molar-refractivity contribution in [3.05, 3.63) is 42.5 Å². The first-order valence-electron chi connectivity index (χ1n) is 10.7. The lowest BCUT2D eigenvalue weighted by Gasteiger charge is -2.37. The zero-order valence-electron chi connectivity index (χ0n) is 18.6. The van der Waals surface area contributed by atoms with Gasteiger partial charge in [0.25, 0.3) is 5.91 Å². The van der Waals surface area contributed by atoms with Gasteiger partial charge < -0.3 is 19.4 Å². The Balaban J connectivity index is 1.41. The monoisotopic (exact) mass is 423 g/mol. The topological polar surface area (TPSA) is 71.4 Å². The Kier molecular flexibility index (Phi) is 5.37. The summed E-state index contributed by atoms with van der Waals surface area (Å²) in [4.78, 5) is 34.6. The summed E-state index contributed by atoms with van der Waals surface area (Å²) in [6.45, 7) is 6.61. The van der Waals surface area contributed by atoms with E-state index in [2.05, 4.69) is 5.16 Å². The number of carbonyl (C=O) groups is 2. The molecule has 0 radical (unpaired) electrons. The number of oxime groups is 1. The predicted octanol–water partition coefficient (Wildman–Crippen LogP) is 4.35. The van der Waals surface area contributed by atoms with Crippen molar-refractivity contribution in [3.63, 3.8) is 0 Å². The maximum absolute atomic E-state index is 13.2. The number of benzene rings is 2. The SMILES string of the molecule is CN(C(=O)C1=NOC2(CCN(C(=O)OC(C)(C)C)CC2)C1)c1cccc2ccccc12. The van der Waals surface area contributed by atoms with Crippen LogP contribution in [0.15, 0.2) is 47.6 Å². The number of carbonyl (C=O) groups excluding carboxylic acids is 2. The number of amides is 2. The van der Waals surface area contributed by atoms with Crippen LogP contribution in [-0.4, -0.2) is 54.0 Å². The van der Waals surface area contributed by atoms with Crippen LogP contribution in [0.25, 0.3) is 10.8 Å². The van der Waals surface area contributed by atoms with Gasteiger partial charge in [0.15, 0.2) is 0 Å². The molecular formula is C24H29N3O4. The highest BCUT2D eigenvalue weighted by Gasteiger charge is 2.45. The molecule has 164 valence electrons. The van der Waals surface area contributed by atoms with E-state index in [0.717, 1.165) is 16.5 Å². The Hall–Kier alpha value is -3.09. The van der Waals surface area contributed by atoms with E-state index in [1.54, 1.807) is 16.8 Å².